The lowest BCUT2D eigenvalue weighted by Gasteiger charge is -2.14. The van der Waals surface area contributed by atoms with E-state index in [1.54, 1.807) is 0 Å². The smallest absolute Gasteiger partial charge is 0.0640 e. The maximum Gasteiger partial charge on any atom is 0.0640 e. The third kappa shape index (κ3) is 4.88. The van der Waals surface area contributed by atoms with Crippen molar-refractivity contribution in [2.45, 2.75) is 45.7 Å². The normalized spacial score (nSPS) is 13.2. The van der Waals surface area contributed by atoms with Crippen LogP contribution in [0, 0.1) is 0 Å². The molecular weight excluding hydrogens is 214 g/mol. The first-order chi connectivity index (χ1) is 8.17. The third-order valence-corrected chi connectivity index (χ3v) is 2.87. The van der Waals surface area contributed by atoms with E-state index in [4.69, 9.17) is 4.74 Å². The number of ether oxygens (including phenoxy) is 1. The first-order valence-corrected chi connectivity index (χ1v) is 6.46. The minimum atomic E-state index is 0.431. The van der Waals surface area contributed by atoms with E-state index in [0.29, 0.717) is 12.1 Å². The van der Waals surface area contributed by atoms with Crippen LogP contribution in [0.1, 0.15) is 38.9 Å². The molecule has 0 aromatic carbocycles. The predicted molar refractivity (Wildman–Crippen MR) is 70.3 cm³/mol. The first-order valence-electron chi connectivity index (χ1n) is 6.46. The van der Waals surface area contributed by atoms with Gasteiger partial charge in [-0.2, -0.15) is 5.10 Å². The van der Waals surface area contributed by atoms with E-state index >= 15 is 0 Å². The Morgan fingerprint density at radius 3 is 2.76 bits per heavy atom. The van der Waals surface area contributed by atoms with Crippen LogP contribution >= 0.6 is 0 Å². The number of hydrogen-bond donors (Lipinski definition) is 1. The minimum Gasteiger partial charge on any atom is -0.382 e. The molecule has 1 aromatic heterocycles. The molecule has 1 aromatic rings. The van der Waals surface area contributed by atoms with E-state index in [9.17, 15) is 0 Å². The van der Waals surface area contributed by atoms with Gasteiger partial charge in [-0.05, 0) is 40.3 Å². The Morgan fingerprint density at radius 1 is 1.47 bits per heavy atom. The van der Waals surface area contributed by atoms with Crippen LogP contribution in [0.5, 0.6) is 0 Å². The average molecular weight is 239 g/mol. The number of nitrogens with zero attached hydrogens (tertiary/aromatic N) is 2. The Morgan fingerprint density at radius 2 is 2.24 bits per heavy atom. The standard InChI is InChI=1S/C13H25N3O/c1-5-17-9-7-12(14-4)10-13-6-8-16(15-13)11(2)3/h6,8,11-12,14H,5,7,9-10H2,1-4H3. The molecule has 0 saturated carbocycles. The second-order valence-electron chi connectivity index (χ2n) is 4.56. The second-order valence-corrected chi connectivity index (χ2v) is 4.56. The fraction of sp³-hybridized carbons (Fsp3) is 0.769. The molecule has 0 amide bonds. The largest absolute Gasteiger partial charge is 0.382 e. The highest BCUT2D eigenvalue weighted by Crippen LogP contribution is 2.07. The summed E-state index contributed by atoms with van der Waals surface area (Å²) in [6, 6.07) is 2.97. The average Bonchev–Trinajstić information content (AvgIpc) is 2.76. The van der Waals surface area contributed by atoms with E-state index in [1.165, 1.54) is 0 Å². The third-order valence-electron chi connectivity index (χ3n) is 2.87. The van der Waals surface area contributed by atoms with Crippen LogP contribution in [-0.4, -0.2) is 36.1 Å². The fourth-order valence-corrected chi connectivity index (χ4v) is 1.74. The van der Waals surface area contributed by atoms with E-state index in [2.05, 4.69) is 36.5 Å². The van der Waals surface area contributed by atoms with Crippen molar-refractivity contribution in [2.24, 2.45) is 0 Å². The SMILES string of the molecule is CCOCCC(Cc1ccn(C(C)C)n1)NC. The number of hydrogen-bond acceptors (Lipinski definition) is 3. The molecule has 0 bridgehead atoms. The zero-order valence-electron chi connectivity index (χ0n) is 11.4. The highest BCUT2D eigenvalue weighted by atomic mass is 16.5. The van der Waals surface area contributed by atoms with E-state index < -0.39 is 0 Å². The van der Waals surface area contributed by atoms with Gasteiger partial charge in [0.2, 0.25) is 0 Å². The Bertz CT molecular complexity index is 309. The maximum atomic E-state index is 5.38. The molecule has 0 aliphatic rings. The van der Waals surface area contributed by atoms with Crippen molar-refractivity contribution >= 4 is 0 Å². The minimum absolute atomic E-state index is 0.431. The van der Waals surface area contributed by atoms with Crippen molar-refractivity contribution in [3.63, 3.8) is 0 Å². The number of nitrogens with one attached hydrogen (secondary N) is 1. The molecule has 0 fully saturated rings. The van der Waals surface area contributed by atoms with Gasteiger partial charge in [0, 0.05) is 37.9 Å². The van der Waals surface area contributed by atoms with Crippen LogP contribution in [0.25, 0.3) is 0 Å². The Balaban J connectivity index is 2.43. The molecule has 1 heterocycles. The summed E-state index contributed by atoms with van der Waals surface area (Å²) in [5.41, 5.74) is 1.15. The van der Waals surface area contributed by atoms with Crippen LogP contribution < -0.4 is 5.32 Å². The molecule has 0 saturated heterocycles. The van der Waals surface area contributed by atoms with Gasteiger partial charge in [0.25, 0.3) is 0 Å². The topological polar surface area (TPSA) is 39.1 Å². The quantitative estimate of drug-likeness (QED) is 0.705. The Kier molecular flexibility index (Phi) is 6.22. The van der Waals surface area contributed by atoms with Crippen molar-refractivity contribution < 1.29 is 4.74 Å². The summed E-state index contributed by atoms with van der Waals surface area (Å²) in [4.78, 5) is 0. The van der Waals surface area contributed by atoms with Gasteiger partial charge in [0.05, 0.1) is 5.69 Å². The van der Waals surface area contributed by atoms with Gasteiger partial charge in [-0.15, -0.1) is 0 Å². The van der Waals surface area contributed by atoms with E-state index in [1.807, 2.05) is 18.7 Å². The van der Waals surface area contributed by atoms with Crippen molar-refractivity contribution in [2.75, 3.05) is 20.3 Å². The lowest BCUT2D eigenvalue weighted by Crippen LogP contribution is -2.29. The van der Waals surface area contributed by atoms with Gasteiger partial charge < -0.3 is 10.1 Å². The molecule has 1 N–H and O–H groups in total. The summed E-state index contributed by atoms with van der Waals surface area (Å²) >= 11 is 0. The lowest BCUT2D eigenvalue weighted by molar-refractivity contribution is 0.137. The predicted octanol–water partition coefficient (Wildman–Crippen LogP) is 2.02. The molecule has 0 radical (unpaired) electrons. The molecule has 1 unspecified atom stereocenters. The molecule has 0 aliphatic heterocycles. The number of likely N-dealkylation sites (N-methyl/N-ethyl adjacent to an activating group) is 1. The van der Waals surface area contributed by atoms with Gasteiger partial charge >= 0.3 is 0 Å². The van der Waals surface area contributed by atoms with Crippen molar-refractivity contribution in [3.8, 4) is 0 Å². The zero-order valence-corrected chi connectivity index (χ0v) is 11.4. The van der Waals surface area contributed by atoms with Gasteiger partial charge in [0.1, 0.15) is 0 Å². The van der Waals surface area contributed by atoms with Crippen LogP contribution in [0.15, 0.2) is 12.3 Å². The molecule has 4 nitrogen and oxygen atoms in total. The summed E-state index contributed by atoms with van der Waals surface area (Å²) < 4.78 is 7.39. The van der Waals surface area contributed by atoms with Gasteiger partial charge in [-0.3, -0.25) is 4.68 Å². The second kappa shape index (κ2) is 7.45. The first kappa shape index (κ1) is 14.2. The van der Waals surface area contributed by atoms with Crippen LogP contribution in [-0.2, 0) is 11.2 Å². The zero-order chi connectivity index (χ0) is 12.7. The molecule has 1 rings (SSSR count). The van der Waals surface area contributed by atoms with Crippen molar-refractivity contribution in [1.29, 1.82) is 0 Å². The summed E-state index contributed by atoms with van der Waals surface area (Å²) in [5, 5.41) is 7.88. The van der Waals surface area contributed by atoms with Crippen LogP contribution in [0.4, 0.5) is 0 Å². The van der Waals surface area contributed by atoms with Crippen LogP contribution in [0.2, 0.25) is 0 Å². The monoisotopic (exact) mass is 239 g/mol. The van der Waals surface area contributed by atoms with E-state index in [0.717, 1.165) is 31.7 Å². The highest BCUT2D eigenvalue weighted by molar-refractivity contribution is 5.02. The molecule has 0 spiro atoms. The molecule has 0 aliphatic carbocycles. The summed E-state index contributed by atoms with van der Waals surface area (Å²) in [6.07, 6.45) is 4.04. The molecular formula is C13H25N3O. The Hall–Kier alpha value is -0.870. The van der Waals surface area contributed by atoms with Crippen molar-refractivity contribution in [1.82, 2.24) is 15.1 Å². The Labute approximate surface area is 104 Å². The summed E-state index contributed by atoms with van der Waals surface area (Å²) in [7, 11) is 2.00. The highest BCUT2D eigenvalue weighted by Gasteiger charge is 2.10. The fourth-order valence-electron chi connectivity index (χ4n) is 1.74. The molecule has 1 atom stereocenters. The van der Waals surface area contributed by atoms with Gasteiger partial charge in [-0.1, -0.05) is 0 Å². The molecule has 4 heteroatoms. The lowest BCUT2D eigenvalue weighted by atomic mass is 10.1. The van der Waals surface area contributed by atoms with E-state index in [-0.39, 0.29) is 0 Å². The summed E-state index contributed by atoms with van der Waals surface area (Å²) in [5.74, 6) is 0. The number of rotatable bonds is 8. The number of aromatic nitrogens is 2. The summed E-state index contributed by atoms with van der Waals surface area (Å²) in [6.45, 7) is 7.91. The van der Waals surface area contributed by atoms with Crippen LogP contribution in [0.3, 0.4) is 0 Å². The van der Waals surface area contributed by atoms with Gasteiger partial charge in [0.15, 0.2) is 0 Å². The molecule has 98 valence electrons. The van der Waals surface area contributed by atoms with Gasteiger partial charge in [-0.25, -0.2) is 0 Å². The molecule has 17 heavy (non-hydrogen) atoms. The van der Waals surface area contributed by atoms with Crippen molar-refractivity contribution in [3.05, 3.63) is 18.0 Å². The maximum absolute atomic E-state index is 5.38.